The Morgan fingerprint density at radius 2 is 1.67 bits per heavy atom. The second-order valence-corrected chi connectivity index (χ2v) is 5.35. The lowest BCUT2D eigenvalue weighted by Gasteiger charge is -2.42. The molecule has 0 amide bonds. The van der Waals surface area contributed by atoms with Crippen LogP contribution < -0.4 is 5.32 Å². The first-order chi connectivity index (χ1) is 7.33. The number of rotatable bonds is 3. The number of hydrogen-bond donors (Lipinski definition) is 1. The minimum atomic E-state index is 0.734. The maximum Gasteiger partial charge on any atom is 0.0249 e. The van der Waals surface area contributed by atoms with Crippen LogP contribution in [0.3, 0.4) is 0 Å². The molecule has 2 nitrogen and oxygen atoms in total. The van der Waals surface area contributed by atoms with Gasteiger partial charge in [0.25, 0.3) is 0 Å². The van der Waals surface area contributed by atoms with E-state index in [1.165, 1.54) is 51.4 Å². The van der Waals surface area contributed by atoms with Crippen LogP contribution in [0.5, 0.6) is 0 Å². The SMILES string of the molecule is CNC1CCCCCC1N(C)C1CCC1. The van der Waals surface area contributed by atoms with Crippen molar-refractivity contribution in [1.29, 1.82) is 0 Å². The molecular formula is C13H26N2. The number of nitrogens with one attached hydrogen (secondary N) is 1. The lowest BCUT2D eigenvalue weighted by molar-refractivity contribution is 0.0844. The fraction of sp³-hybridized carbons (Fsp3) is 1.00. The molecule has 0 aromatic carbocycles. The summed E-state index contributed by atoms with van der Waals surface area (Å²) >= 11 is 0. The summed E-state index contributed by atoms with van der Waals surface area (Å²) in [6.07, 6.45) is 11.4. The largest absolute Gasteiger partial charge is 0.315 e. The van der Waals surface area contributed by atoms with Gasteiger partial charge in [-0.05, 0) is 39.8 Å². The van der Waals surface area contributed by atoms with Gasteiger partial charge in [0.05, 0.1) is 0 Å². The van der Waals surface area contributed by atoms with Crippen molar-refractivity contribution >= 4 is 0 Å². The van der Waals surface area contributed by atoms with Gasteiger partial charge in [-0.15, -0.1) is 0 Å². The predicted molar refractivity (Wildman–Crippen MR) is 65.1 cm³/mol. The molecule has 2 heteroatoms. The Hall–Kier alpha value is -0.0800. The van der Waals surface area contributed by atoms with Crippen molar-refractivity contribution in [3.8, 4) is 0 Å². The van der Waals surface area contributed by atoms with Gasteiger partial charge in [-0.1, -0.05) is 25.7 Å². The zero-order valence-electron chi connectivity index (χ0n) is 10.3. The van der Waals surface area contributed by atoms with Crippen LogP contribution in [0.25, 0.3) is 0 Å². The van der Waals surface area contributed by atoms with E-state index in [-0.39, 0.29) is 0 Å². The van der Waals surface area contributed by atoms with Crippen molar-refractivity contribution < 1.29 is 0 Å². The summed E-state index contributed by atoms with van der Waals surface area (Å²) in [5.41, 5.74) is 0. The van der Waals surface area contributed by atoms with E-state index in [1.54, 1.807) is 0 Å². The smallest absolute Gasteiger partial charge is 0.0249 e. The average Bonchev–Trinajstić information content (AvgIpc) is 2.39. The standard InChI is InChI=1S/C13H26N2/c1-14-12-9-4-3-5-10-13(12)15(2)11-7-6-8-11/h11-14H,3-10H2,1-2H3. The summed E-state index contributed by atoms with van der Waals surface area (Å²) in [5.74, 6) is 0. The van der Waals surface area contributed by atoms with Crippen molar-refractivity contribution in [1.82, 2.24) is 10.2 Å². The Morgan fingerprint density at radius 3 is 2.27 bits per heavy atom. The van der Waals surface area contributed by atoms with Crippen molar-refractivity contribution in [3.63, 3.8) is 0 Å². The van der Waals surface area contributed by atoms with E-state index >= 15 is 0 Å². The quantitative estimate of drug-likeness (QED) is 0.720. The number of likely N-dealkylation sites (N-methyl/N-ethyl adjacent to an activating group) is 2. The Balaban J connectivity index is 1.95. The highest BCUT2D eigenvalue weighted by molar-refractivity contribution is 4.90. The Kier molecular flexibility index (Phi) is 4.04. The summed E-state index contributed by atoms with van der Waals surface area (Å²) in [5, 5.41) is 3.54. The molecule has 0 heterocycles. The molecule has 2 atom stereocenters. The molecule has 0 saturated heterocycles. The van der Waals surface area contributed by atoms with Crippen molar-refractivity contribution in [3.05, 3.63) is 0 Å². The maximum atomic E-state index is 3.54. The van der Waals surface area contributed by atoms with Crippen LogP contribution in [-0.4, -0.2) is 37.1 Å². The highest BCUT2D eigenvalue weighted by Crippen LogP contribution is 2.30. The van der Waals surface area contributed by atoms with Crippen LogP contribution in [0.15, 0.2) is 0 Å². The van der Waals surface area contributed by atoms with Crippen LogP contribution in [0, 0.1) is 0 Å². The lowest BCUT2D eigenvalue weighted by atomic mass is 9.89. The molecule has 0 aliphatic heterocycles. The topological polar surface area (TPSA) is 15.3 Å². The summed E-state index contributed by atoms with van der Waals surface area (Å²) < 4.78 is 0. The third kappa shape index (κ3) is 2.54. The third-order valence-electron chi connectivity index (χ3n) is 4.52. The van der Waals surface area contributed by atoms with Crippen molar-refractivity contribution in [2.45, 2.75) is 69.5 Å². The molecule has 2 saturated carbocycles. The summed E-state index contributed by atoms with van der Waals surface area (Å²) in [4.78, 5) is 2.68. The van der Waals surface area contributed by atoms with E-state index in [1.807, 2.05) is 0 Å². The molecule has 15 heavy (non-hydrogen) atoms. The summed E-state index contributed by atoms with van der Waals surface area (Å²) in [6.45, 7) is 0. The highest BCUT2D eigenvalue weighted by Gasteiger charge is 2.32. The molecule has 2 aliphatic carbocycles. The third-order valence-corrected chi connectivity index (χ3v) is 4.52. The molecule has 1 N–H and O–H groups in total. The predicted octanol–water partition coefficient (Wildman–Crippen LogP) is 2.39. The van der Waals surface area contributed by atoms with Gasteiger partial charge < -0.3 is 5.32 Å². The van der Waals surface area contributed by atoms with Gasteiger partial charge >= 0.3 is 0 Å². The second-order valence-electron chi connectivity index (χ2n) is 5.35. The van der Waals surface area contributed by atoms with Gasteiger partial charge in [-0.2, -0.15) is 0 Å². The summed E-state index contributed by atoms with van der Waals surface area (Å²) in [7, 11) is 4.49. The molecule has 0 radical (unpaired) electrons. The monoisotopic (exact) mass is 210 g/mol. The van der Waals surface area contributed by atoms with E-state index in [0.29, 0.717) is 0 Å². The van der Waals surface area contributed by atoms with E-state index in [4.69, 9.17) is 0 Å². The van der Waals surface area contributed by atoms with E-state index in [9.17, 15) is 0 Å². The average molecular weight is 210 g/mol. The second kappa shape index (κ2) is 5.31. The Morgan fingerprint density at radius 1 is 0.933 bits per heavy atom. The van der Waals surface area contributed by atoms with Crippen molar-refractivity contribution in [2.75, 3.05) is 14.1 Å². The molecule has 2 aliphatic rings. The molecule has 0 aromatic heterocycles. The van der Waals surface area contributed by atoms with Crippen LogP contribution in [0.2, 0.25) is 0 Å². The van der Waals surface area contributed by atoms with E-state index in [0.717, 1.165) is 18.1 Å². The fourth-order valence-corrected chi connectivity index (χ4v) is 3.18. The minimum absolute atomic E-state index is 0.734. The maximum absolute atomic E-state index is 3.54. The van der Waals surface area contributed by atoms with Crippen LogP contribution in [0.1, 0.15) is 51.4 Å². The van der Waals surface area contributed by atoms with Crippen LogP contribution in [-0.2, 0) is 0 Å². The van der Waals surface area contributed by atoms with Gasteiger partial charge in [0.2, 0.25) is 0 Å². The number of hydrogen-bond acceptors (Lipinski definition) is 2. The molecule has 0 bridgehead atoms. The fourth-order valence-electron chi connectivity index (χ4n) is 3.18. The van der Waals surface area contributed by atoms with E-state index < -0.39 is 0 Å². The molecular weight excluding hydrogens is 184 g/mol. The molecule has 0 aromatic rings. The summed E-state index contributed by atoms with van der Waals surface area (Å²) in [6, 6.07) is 2.42. The van der Waals surface area contributed by atoms with Gasteiger partial charge in [-0.3, -0.25) is 4.90 Å². The van der Waals surface area contributed by atoms with Crippen LogP contribution >= 0.6 is 0 Å². The Labute approximate surface area is 94.4 Å². The molecule has 88 valence electrons. The Bertz CT molecular complexity index is 189. The van der Waals surface area contributed by atoms with E-state index in [2.05, 4.69) is 24.3 Å². The number of nitrogens with zero attached hydrogens (tertiary/aromatic N) is 1. The first-order valence-electron chi connectivity index (χ1n) is 6.72. The zero-order valence-corrected chi connectivity index (χ0v) is 10.3. The minimum Gasteiger partial charge on any atom is -0.315 e. The van der Waals surface area contributed by atoms with Gasteiger partial charge in [0, 0.05) is 18.1 Å². The lowest BCUT2D eigenvalue weighted by Crippen LogP contribution is -2.52. The molecule has 2 fully saturated rings. The highest BCUT2D eigenvalue weighted by atomic mass is 15.2. The van der Waals surface area contributed by atoms with Gasteiger partial charge in [0.1, 0.15) is 0 Å². The van der Waals surface area contributed by atoms with Crippen LogP contribution in [0.4, 0.5) is 0 Å². The molecule has 2 unspecified atom stereocenters. The zero-order chi connectivity index (χ0) is 10.7. The molecule has 0 spiro atoms. The first kappa shape index (κ1) is 11.4. The first-order valence-corrected chi connectivity index (χ1v) is 6.72. The van der Waals surface area contributed by atoms with Gasteiger partial charge in [0.15, 0.2) is 0 Å². The van der Waals surface area contributed by atoms with Crippen molar-refractivity contribution in [2.24, 2.45) is 0 Å². The van der Waals surface area contributed by atoms with Gasteiger partial charge in [-0.25, -0.2) is 0 Å². The molecule has 2 rings (SSSR count). The normalized spacial score (nSPS) is 33.8.